The lowest BCUT2D eigenvalue weighted by atomic mass is 10.2. The Kier molecular flexibility index (Phi) is 5.02. The van der Waals surface area contributed by atoms with Crippen LogP contribution in [0.5, 0.6) is 0 Å². The summed E-state index contributed by atoms with van der Waals surface area (Å²) in [6.07, 6.45) is 0. The highest BCUT2D eigenvalue weighted by molar-refractivity contribution is 6.03. The van der Waals surface area contributed by atoms with Crippen LogP contribution in [0.25, 0.3) is 0 Å². The fourth-order valence-corrected chi connectivity index (χ4v) is 2.27. The lowest BCUT2D eigenvalue weighted by Crippen LogP contribution is -2.17. The van der Waals surface area contributed by atoms with Crippen molar-refractivity contribution < 1.29 is 22.4 Å². The molecule has 1 heterocycles. The van der Waals surface area contributed by atoms with Crippen molar-refractivity contribution in [3.8, 4) is 0 Å². The highest BCUT2D eigenvalue weighted by Crippen LogP contribution is 2.22. The van der Waals surface area contributed by atoms with E-state index in [2.05, 4.69) is 20.6 Å². The molecule has 2 N–H and O–H groups in total. The fourth-order valence-electron chi connectivity index (χ4n) is 2.27. The molecule has 0 radical (unpaired) electrons. The van der Waals surface area contributed by atoms with Crippen molar-refractivity contribution in [2.24, 2.45) is 0 Å². The summed E-state index contributed by atoms with van der Waals surface area (Å²) in [6, 6.07) is 7.22. The molecule has 0 aliphatic carbocycles. The second kappa shape index (κ2) is 7.40. The van der Waals surface area contributed by atoms with Gasteiger partial charge in [0.25, 0.3) is 5.91 Å². The van der Waals surface area contributed by atoms with Crippen LogP contribution in [-0.2, 0) is 0 Å². The lowest BCUT2D eigenvalue weighted by Gasteiger charge is -2.10. The molecule has 9 heteroatoms. The molecule has 0 saturated heterocycles. The molecule has 0 saturated carbocycles. The van der Waals surface area contributed by atoms with Gasteiger partial charge in [-0.1, -0.05) is 6.07 Å². The van der Waals surface area contributed by atoms with E-state index in [1.807, 2.05) is 0 Å². The van der Waals surface area contributed by atoms with E-state index in [1.165, 1.54) is 13.0 Å². The summed E-state index contributed by atoms with van der Waals surface area (Å²) < 4.78 is 54.1. The molecule has 0 fully saturated rings. The first-order chi connectivity index (χ1) is 12.8. The number of amides is 1. The molecule has 1 amide bonds. The van der Waals surface area contributed by atoms with Crippen LogP contribution in [0.3, 0.4) is 0 Å². The molecule has 0 unspecified atom stereocenters. The number of hydrogen-bond donors (Lipinski definition) is 2. The van der Waals surface area contributed by atoms with Crippen molar-refractivity contribution >= 4 is 23.1 Å². The third kappa shape index (κ3) is 4.20. The van der Waals surface area contributed by atoms with Crippen LogP contribution in [0.4, 0.5) is 34.8 Å². The molecule has 27 heavy (non-hydrogen) atoms. The number of nitrogens with zero attached hydrogens (tertiary/aromatic N) is 2. The Labute approximate surface area is 151 Å². The number of anilines is 3. The Morgan fingerprint density at radius 1 is 0.926 bits per heavy atom. The van der Waals surface area contributed by atoms with Crippen LogP contribution in [0.2, 0.25) is 0 Å². The molecule has 3 rings (SSSR count). The summed E-state index contributed by atoms with van der Waals surface area (Å²) in [4.78, 5) is 20.2. The topological polar surface area (TPSA) is 66.9 Å². The number of nitrogens with one attached hydrogen (secondary N) is 2. The van der Waals surface area contributed by atoms with Gasteiger partial charge in [-0.2, -0.15) is 0 Å². The smallest absolute Gasteiger partial charge is 0.274 e. The first-order valence-corrected chi connectivity index (χ1v) is 7.66. The van der Waals surface area contributed by atoms with Crippen LogP contribution in [-0.4, -0.2) is 15.9 Å². The van der Waals surface area contributed by atoms with Gasteiger partial charge >= 0.3 is 0 Å². The number of aryl methyl sites for hydroxylation is 1. The first-order valence-electron chi connectivity index (χ1n) is 7.66. The standard InChI is InChI=1S/C18H12F4N4O/c1-9-23-15(18(27)26-17-11(20)3-2-4-12(17)21)8-16(24-9)25-14-6-5-10(19)7-13(14)22/h2-8H,1H3,(H,26,27)(H,23,24,25). The third-order valence-corrected chi connectivity index (χ3v) is 3.47. The minimum absolute atomic E-state index is 0.0483. The second-order valence-corrected chi connectivity index (χ2v) is 5.49. The van der Waals surface area contributed by atoms with E-state index in [9.17, 15) is 22.4 Å². The van der Waals surface area contributed by atoms with Gasteiger partial charge in [0.15, 0.2) is 0 Å². The molecule has 0 spiro atoms. The third-order valence-electron chi connectivity index (χ3n) is 3.47. The summed E-state index contributed by atoms with van der Waals surface area (Å²) >= 11 is 0. The zero-order chi connectivity index (χ0) is 19.6. The number of carbonyl (C=O) groups excluding carboxylic acids is 1. The molecule has 2 aromatic carbocycles. The largest absolute Gasteiger partial charge is 0.338 e. The zero-order valence-electron chi connectivity index (χ0n) is 13.9. The Morgan fingerprint density at radius 3 is 2.30 bits per heavy atom. The molecular weight excluding hydrogens is 364 g/mol. The number of benzene rings is 2. The summed E-state index contributed by atoms with van der Waals surface area (Å²) in [7, 11) is 0. The number of rotatable bonds is 4. The van der Waals surface area contributed by atoms with Gasteiger partial charge in [0.05, 0.1) is 5.69 Å². The van der Waals surface area contributed by atoms with E-state index in [0.717, 1.165) is 30.3 Å². The van der Waals surface area contributed by atoms with Crippen LogP contribution in [0, 0.1) is 30.2 Å². The fraction of sp³-hybridized carbons (Fsp3) is 0.0556. The van der Waals surface area contributed by atoms with E-state index in [1.54, 1.807) is 0 Å². The molecule has 138 valence electrons. The Morgan fingerprint density at radius 2 is 1.63 bits per heavy atom. The van der Waals surface area contributed by atoms with Gasteiger partial charge in [-0.05, 0) is 31.2 Å². The van der Waals surface area contributed by atoms with Crippen LogP contribution in [0.1, 0.15) is 16.3 Å². The zero-order valence-corrected chi connectivity index (χ0v) is 13.9. The van der Waals surface area contributed by atoms with E-state index < -0.39 is 34.9 Å². The Bertz CT molecular complexity index is 1010. The van der Waals surface area contributed by atoms with E-state index in [-0.39, 0.29) is 23.0 Å². The maximum atomic E-state index is 13.8. The SMILES string of the molecule is Cc1nc(Nc2ccc(F)cc2F)cc(C(=O)Nc2c(F)cccc2F)n1. The summed E-state index contributed by atoms with van der Waals surface area (Å²) in [5, 5.41) is 4.70. The highest BCUT2D eigenvalue weighted by Gasteiger charge is 2.16. The minimum atomic E-state index is -0.944. The molecule has 1 aromatic heterocycles. The number of carbonyl (C=O) groups is 1. The predicted octanol–water partition coefficient (Wildman–Crippen LogP) is 4.34. The van der Waals surface area contributed by atoms with Crippen molar-refractivity contribution in [1.29, 1.82) is 0 Å². The average Bonchev–Trinajstić information content (AvgIpc) is 2.60. The average molecular weight is 376 g/mol. The van der Waals surface area contributed by atoms with E-state index >= 15 is 0 Å². The minimum Gasteiger partial charge on any atom is -0.338 e. The molecule has 0 atom stereocenters. The van der Waals surface area contributed by atoms with Gasteiger partial charge in [-0.25, -0.2) is 27.5 Å². The Hall–Kier alpha value is -3.49. The van der Waals surface area contributed by atoms with Crippen LogP contribution >= 0.6 is 0 Å². The number of para-hydroxylation sites is 1. The summed E-state index contributed by atoms with van der Waals surface area (Å²) in [5.41, 5.74) is -0.881. The van der Waals surface area contributed by atoms with E-state index in [4.69, 9.17) is 0 Å². The predicted molar refractivity (Wildman–Crippen MR) is 90.7 cm³/mol. The number of aromatic nitrogens is 2. The normalized spacial score (nSPS) is 10.6. The molecule has 0 bridgehead atoms. The monoisotopic (exact) mass is 376 g/mol. The Balaban J connectivity index is 1.87. The van der Waals surface area contributed by atoms with Gasteiger partial charge in [0.1, 0.15) is 46.3 Å². The van der Waals surface area contributed by atoms with Crippen LogP contribution < -0.4 is 10.6 Å². The van der Waals surface area contributed by atoms with Crippen LogP contribution in [0.15, 0.2) is 42.5 Å². The molecule has 5 nitrogen and oxygen atoms in total. The first kappa shape index (κ1) is 18.3. The molecular formula is C18H12F4N4O. The van der Waals surface area contributed by atoms with Gasteiger partial charge in [-0.15, -0.1) is 0 Å². The maximum Gasteiger partial charge on any atom is 0.274 e. The lowest BCUT2D eigenvalue weighted by molar-refractivity contribution is 0.102. The van der Waals surface area contributed by atoms with Crippen molar-refractivity contribution in [2.45, 2.75) is 6.92 Å². The van der Waals surface area contributed by atoms with E-state index in [0.29, 0.717) is 6.07 Å². The number of hydrogen-bond acceptors (Lipinski definition) is 4. The quantitative estimate of drug-likeness (QED) is 0.665. The van der Waals surface area contributed by atoms with Crippen molar-refractivity contribution in [2.75, 3.05) is 10.6 Å². The van der Waals surface area contributed by atoms with Crippen molar-refractivity contribution in [3.05, 3.63) is 77.3 Å². The van der Waals surface area contributed by atoms with Crippen molar-refractivity contribution in [1.82, 2.24) is 9.97 Å². The second-order valence-electron chi connectivity index (χ2n) is 5.49. The van der Waals surface area contributed by atoms with Crippen molar-refractivity contribution in [3.63, 3.8) is 0 Å². The van der Waals surface area contributed by atoms with Gasteiger partial charge in [0.2, 0.25) is 0 Å². The number of halogens is 4. The molecule has 0 aliphatic rings. The highest BCUT2D eigenvalue weighted by atomic mass is 19.1. The van der Waals surface area contributed by atoms with Gasteiger partial charge in [-0.3, -0.25) is 4.79 Å². The molecule has 3 aromatic rings. The molecule has 0 aliphatic heterocycles. The van der Waals surface area contributed by atoms with Gasteiger partial charge < -0.3 is 10.6 Å². The maximum absolute atomic E-state index is 13.8. The van der Waals surface area contributed by atoms with Gasteiger partial charge in [0, 0.05) is 12.1 Å². The summed E-state index contributed by atoms with van der Waals surface area (Å²) in [5.74, 6) is -4.17. The summed E-state index contributed by atoms with van der Waals surface area (Å²) in [6.45, 7) is 1.48.